The van der Waals surface area contributed by atoms with Gasteiger partial charge >= 0.3 is 0 Å². The van der Waals surface area contributed by atoms with E-state index >= 15 is 0 Å². The molecule has 0 aliphatic heterocycles. The van der Waals surface area contributed by atoms with E-state index in [1.807, 2.05) is 0 Å². The third-order valence-corrected chi connectivity index (χ3v) is 2.67. The predicted octanol–water partition coefficient (Wildman–Crippen LogP) is 3.39. The summed E-state index contributed by atoms with van der Waals surface area (Å²) in [6, 6.07) is 8.90. The zero-order chi connectivity index (χ0) is 12.5. The maximum absolute atomic E-state index is 5.20. The SMILES string of the molecule is C#CCCCNCc1ccc(CC(C)C)cc1. The van der Waals surface area contributed by atoms with Crippen LogP contribution < -0.4 is 5.32 Å². The summed E-state index contributed by atoms with van der Waals surface area (Å²) in [5.74, 6) is 3.38. The molecule has 0 spiro atoms. The average molecular weight is 229 g/mol. The van der Waals surface area contributed by atoms with E-state index in [4.69, 9.17) is 6.42 Å². The zero-order valence-corrected chi connectivity index (χ0v) is 11.0. The summed E-state index contributed by atoms with van der Waals surface area (Å²) < 4.78 is 0. The molecule has 0 fully saturated rings. The Balaban J connectivity index is 2.28. The van der Waals surface area contributed by atoms with E-state index in [-0.39, 0.29) is 0 Å². The summed E-state index contributed by atoms with van der Waals surface area (Å²) in [4.78, 5) is 0. The fourth-order valence-corrected chi connectivity index (χ4v) is 1.81. The van der Waals surface area contributed by atoms with Gasteiger partial charge in [-0.3, -0.25) is 0 Å². The summed E-state index contributed by atoms with van der Waals surface area (Å²) in [6.45, 7) is 6.44. The molecule has 1 nitrogen and oxygen atoms in total. The highest BCUT2D eigenvalue weighted by Crippen LogP contribution is 2.09. The maximum Gasteiger partial charge on any atom is 0.0205 e. The van der Waals surface area contributed by atoms with Crippen LogP contribution in [0.25, 0.3) is 0 Å². The monoisotopic (exact) mass is 229 g/mol. The molecule has 0 radical (unpaired) electrons. The number of rotatable bonds is 7. The van der Waals surface area contributed by atoms with Crippen LogP contribution in [0.3, 0.4) is 0 Å². The number of hydrogen-bond acceptors (Lipinski definition) is 1. The Morgan fingerprint density at radius 1 is 1.18 bits per heavy atom. The molecule has 0 saturated heterocycles. The third kappa shape index (κ3) is 6.14. The fourth-order valence-electron chi connectivity index (χ4n) is 1.81. The minimum absolute atomic E-state index is 0.725. The van der Waals surface area contributed by atoms with Crippen molar-refractivity contribution in [2.75, 3.05) is 6.54 Å². The van der Waals surface area contributed by atoms with Crippen LogP contribution in [-0.2, 0) is 13.0 Å². The molecule has 1 aromatic rings. The van der Waals surface area contributed by atoms with Crippen LogP contribution in [-0.4, -0.2) is 6.54 Å². The first-order valence-corrected chi connectivity index (χ1v) is 6.44. The average Bonchev–Trinajstić information content (AvgIpc) is 2.30. The molecule has 0 aliphatic carbocycles. The van der Waals surface area contributed by atoms with E-state index in [0.29, 0.717) is 0 Å². The minimum atomic E-state index is 0.725. The summed E-state index contributed by atoms with van der Waals surface area (Å²) in [5.41, 5.74) is 2.77. The lowest BCUT2D eigenvalue weighted by Gasteiger charge is -2.07. The maximum atomic E-state index is 5.20. The molecule has 0 saturated carbocycles. The molecule has 0 aromatic heterocycles. The number of nitrogens with one attached hydrogen (secondary N) is 1. The van der Waals surface area contributed by atoms with E-state index < -0.39 is 0 Å². The highest BCUT2D eigenvalue weighted by atomic mass is 14.8. The van der Waals surface area contributed by atoms with Gasteiger partial charge in [-0.05, 0) is 36.4 Å². The summed E-state index contributed by atoms with van der Waals surface area (Å²) in [7, 11) is 0. The van der Waals surface area contributed by atoms with Gasteiger partial charge < -0.3 is 5.32 Å². The smallest absolute Gasteiger partial charge is 0.0205 e. The van der Waals surface area contributed by atoms with Crippen molar-refractivity contribution in [3.8, 4) is 12.3 Å². The minimum Gasteiger partial charge on any atom is -0.313 e. The molecule has 92 valence electrons. The van der Waals surface area contributed by atoms with Crippen molar-refractivity contribution in [1.29, 1.82) is 0 Å². The van der Waals surface area contributed by atoms with Gasteiger partial charge in [0.25, 0.3) is 0 Å². The second-order valence-corrected chi connectivity index (χ2v) is 4.90. The Morgan fingerprint density at radius 2 is 1.82 bits per heavy atom. The van der Waals surface area contributed by atoms with E-state index in [9.17, 15) is 0 Å². The van der Waals surface area contributed by atoms with Gasteiger partial charge in [0.1, 0.15) is 0 Å². The first-order chi connectivity index (χ1) is 8.22. The molecule has 1 N–H and O–H groups in total. The molecule has 1 rings (SSSR count). The van der Waals surface area contributed by atoms with Crippen molar-refractivity contribution < 1.29 is 0 Å². The van der Waals surface area contributed by atoms with Gasteiger partial charge in [-0.2, -0.15) is 0 Å². The normalized spacial score (nSPS) is 10.5. The van der Waals surface area contributed by atoms with Gasteiger partial charge in [-0.1, -0.05) is 38.1 Å². The Labute approximate surface area is 106 Å². The molecular formula is C16H23N. The first-order valence-electron chi connectivity index (χ1n) is 6.44. The molecule has 0 unspecified atom stereocenters. The molecule has 0 heterocycles. The number of terminal acetylenes is 1. The van der Waals surface area contributed by atoms with Crippen LogP contribution in [0.5, 0.6) is 0 Å². The van der Waals surface area contributed by atoms with Gasteiger partial charge in [0, 0.05) is 13.0 Å². The predicted molar refractivity (Wildman–Crippen MR) is 74.8 cm³/mol. The quantitative estimate of drug-likeness (QED) is 0.558. The Morgan fingerprint density at radius 3 is 2.41 bits per heavy atom. The summed E-state index contributed by atoms with van der Waals surface area (Å²) in [6.07, 6.45) is 8.28. The Bertz CT molecular complexity index is 343. The van der Waals surface area contributed by atoms with E-state index in [2.05, 4.69) is 49.4 Å². The number of benzene rings is 1. The van der Waals surface area contributed by atoms with Crippen LogP contribution in [0.4, 0.5) is 0 Å². The lowest BCUT2D eigenvalue weighted by molar-refractivity contribution is 0.644. The van der Waals surface area contributed by atoms with E-state index in [1.54, 1.807) is 0 Å². The van der Waals surface area contributed by atoms with Crippen molar-refractivity contribution in [3.63, 3.8) is 0 Å². The highest BCUT2D eigenvalue weighted by Gasteiger charge is 1.98. The van der Waals surface area contributed by atoms with Crippen LogP contribution in [0, 0.1) is 18.3 Å². The molecule has 0 amide bonds. The van der Waals surface area contributed by atoms with Crippen molar-refractivity contribution in [2.45, 2.75) is 39.7 Å². The highest BCUT2D eigenvalue weighted by molar-refractivity contribution is 5.22. The van der Waals surface area contributed by atoms with Crippen molar-refractivity contribution in [2.24, 2.45) is 5.92 Å². The summed E-state index contributed by atoms with van der Waals surface area (Å²) in [5, 5.41) is 3.40. The zero-order valence-electron chi connectivity index (χ0n) is 11.0. The third-order valence-electron chi connectivity index (χ3n) is 2.67. The lowest BCUT2D eigenvalue weighted by Crippen LogP contribution is -2.14. The van der Waals surface area contributed by atoms with Crippen LogP contribution >= 0.6 is 0 Å². The number of unbranched alkanes of at least 4 members (excludes halogenated alkanes) is 1. The van der Waals surface area contributed by atoms with E-state index in [0.717, 1.165) is 38.3 Å². The Hall–Kier alpha value is -1.26. The molecule has 1 heteroatoms. The molecule has 17 heavy (non-hydrogen) atoms. The van der Waals surface area contributed by atoms with Crippen LogP contribution in [0.15, 0.2) is 24.3 Å². The molecule has 0 bridgehead atoms. The van der Waals surface area contributed by atoms with Crippen molar-refractivity contribution >= 4 is 0 Å². The second-order valence-electron chi connectivity index (χ2n) is 4.90. The van der Waals surface area contributed by atoms with Crippen molar-refractivity contribution in [3.05, 3.63) is 35.4 Å². The fraction of sp³-hybridized carbons (Fsp3) is 0.500. The van der Waals surface area contributed by atoms with Gasteiger partial charge in [0.05, 0.1) is 0 Å². The van der Waals surface area contributed by atoms with Gasteiger partial charge in [0.15, 0.2) is 0 Å². The van der Waals surface area contributed by atoms with Crippen LogP contribution in [0.1, 0.15) is 37.8 Å². The molecule has 0 atom stereocenters. The number of hydrogen-bond donors (Lipinski definition) is 1. The standard InChI is InChI=1S/C16H23N/c1-4-5-6-11-17-13-16-9-7-15(8-10-16)12-14(2)3/h1,7-10,14,17H,5-6,11-13H2,2-3H3. The Kier molecular flexibility index (Phi) is 6.43. The van der Waals surface area contributed by atoms with Gasteiger partial charge in [-0.25, -0.2) is 0 Å². The first kappa shape index (κ1) is 13.8. The molecule has 1 aromatic carbocycles. The molecular weight excluding hydrogens is 206 g/mol. The van der Waals surface area contributed by atoms with Crippen LogP contribution in [0.2, 0.25) is 0 Å². The van der Waals surface area contributed by atoms with Gasteiger partial charge in [-0.15, -0.1) is 12.3 Å². The second kappa shape index (κ2) is 7.92. The van der Waals surface area contributed by atoms with Crippen molar-refractivity contribution in [1.82, 2.24) is 5.32 Å². The largest absolute Gasteiger partial charge is 0.313 e. The van der Waals surface area contributed by atoms with E-state index in [1.165, 1.54) is 11.1 Å². The lowest BCUT2D eigenvalue weighted by atomic mass is 10.0. The van der Waals surface area contributed by atoms with Gasteiger partial charge in [0.2, 0.25) is 0 Å². The topological polar surface area (TPSA) is 12.0 Å². The molecule has 0 aliphatic rings. The summed E-state index contributed by atoms with van der Waals surface area (Å²) >= 11 is 0.